The molecular weight excluding hydrogens is 456 g/mol. The third-order valence-electron chi connectivity index (χ3n) is 5.71. The van der Waals surface area contributed by atoms with Gasteiger partial charge in [-0.1, -0.05) is 37.1 Å². The molecular formula is C25H25ClN4O4. The maximum atomic E-state index is 13.4. The molecule has 3 amide bonds. The van der Waals surface area contributed by atoms with Gasteiger partial charge < -0.3 is 9.32 Å². The molecule has 2 aromatic carbocycles. The molecule has 8 nitrogen and oxygen atoms in total. The van der Waals surface area contributed by atoms with Crippen LogP contribution in [-0.4, -0.2) is 50.3 Å². The number of imide groups is 1. The van der Waals surface area contributed by atoms with E-state index < -0.39 is 0 Å². The largest absolute Gasteiger partial charge is 0.419 e. The molecule has 0 radical (unpaired) electrons. The number of hydrogen-bond acceptors (Lipinski definition) is 6. The Balaban J connectivity index is 1.56. The predicted molar refractivity (Wildman–Crippen MR) is 126 cm³/mol. The van der Waals surface area contributed by atoms with E-state index in [-0.39, 0.29) is 47.7 Å². The summed E-state index contributed by atoms with van der Waals surface area (Å²) in [7, 11) is 0. The Morgan fingerprint density at radius 2 is 1.79 bits per heavy atom. The quantitative estimate of drug-likeness (QED) is 0.428. The SMILES string of the molecule is CCCCN1C(=O)c2ccc(C(=O)N(Cc3nnc(-c4ccccc4Cl)o3)C(C)C)cc2C1=O. The van der Waals surface area contributed by atoms with Gasteiger partial charge in [-0.3, -0.25) is 19.3 Å². The Hall–Kier alpha value is -3.52. The second-order valence-corrected chi connectivity index (χ2v) is 8.79. The van der Waals surface area contributed by atoms with Gasteiger partial charge in [0.15, 0.2) is 0 Å². The van der Waals surface area contributed by atoms with Gasteiger partial charge in [0, 0.05) is 18.2 Å². The van der Waals surface area contributed by atoms with Crippen molar-refractivity contribution in [3.8, 4) is 11.5 Å². The molecule has 0 unspecified atom stereocenters. The zero-order valence-electron chi connectivity index (χ0n) is 19.2. The van der Waals surface area contributed by atoms with Crippen molar-refractivity contribution < 1.29 is 18.8 Å². The molecule has 0 atom stereocenters. The molecule has 4 rings (SSSR count). The lowest BCUT2D eigenvalue weighted by Crippen LogP contribution is -2.36. The summed E-state index contributed by atoms with van der Waals surface area (Å²) < 4.78 is 5.77. The number of amides is 3. The normalized spacial score (nSPS) is 13.0. The molecule has 0 spiro atoms. The van der Waals surface area contributed by atoms with E-state index in [1.165, 1.54) is 11.0 Å². The molecule has 0 fully saturated rings. The van der Waals surface area contributed by atoms with Crippen molar-refractivity contribution in [2.24, 2.45) is 0 Å². The highest BCUT2D eigenvalue weighted by atomic mass is 35.5. The standard InChI is InChI=1S/C25H25ClN4O4/c1-4-5-12-29-24(32)17-11-10-16(13-19(17)25(29)33)23(31)30(15(2)3)14-21-27-28-22(34-21)18-8-6-7-9-20(18)26/h6-11,13,15H,4-5,12,14H2,1-3H3. The van der Waals surface area contributed by atoms with Crippen LogP contribution in [0.25, 0.3) is 11.5 Å². The number of fused-ring (bicyclic) bond motifs is 1. The van der Waals surface area contributed by atoms with E-state index in [2.05, 4.69) is 10.2 Å². The summed E-state index contributed by atoms with van der Waals surface area (Å²) in [5, 5.41) is 8.62. The van der Waals surface area contributed by atoms with Crippen molar-refractivity contribution >= 4 is 29.3 Å². The molecule has 1 aliphatic rings. The first-order valence-electron chi connectivity index (χ1n) is 11.2. The molecule has 9 heteroatoms. The van der Waals surface area contributed by atoms with Gasteiger partial charge in [-0.2, -0.15) is 0 Å². The van der Waals surface area contributed by atoms with Gasteiger partial charge in [0.1, 0.15) is 0 Å². The number of unbranched alkanes of at least 4 members (excludes halogenated alkanes) is 1. The molecule has 0 saturated carbocycles. The predicted octanol–water partition coefficient (Wildman–Crippen LogP) is 4.84. The second kappa shape index (κ2) is 9.77. The molecule has 0 saturated heterocycles. The Bertz CT molecular complexity index is 1250. The zero-order chi connectivity index (χ0) is 24.4. The molecule has 1 aliphatic heterocycles. The van der Waals surface area contributed by atoms with Gasteiger partial charge in [0.2, 0.25) is 11.8 Å². The maximum absolute atomic E-state index is 13.4. The average molecular weight is 481 g/mol. The molecule has 3 aromatic rings. The molecule has 0 aliphatic carbocycles. The first kappa shape index (κ1) is 23.6. The topological polar surface area (TPSA) is 96.6 Å². The number of benzene rings is 2. The Labute approximate surface area is 202 Å². The summed E-state index contributed by atoms with van der Waals surface area (Å²) in [4.78, 5) is 41.6. The second-order valence-electron chi connectivity index (χ2n) is 8.38. The number of nitrogens with zero attached hydrogens (tertiary/aromatic N) is 4. The summed E-state index contributed by atoms with van der Waals surface area (Å²) in [6.07, 6.45) is 1.60. The Morgan fingerprint density at radius 3 is 2.50 bits per heavy atom. The third kappa shape index (κ3) is 4.46. The number of carbonyl (C=O) groups is 3. The van der Waals surface area contributed by atoms with E-state index in [0.29, 0.717) is 28.3 Å². The molecule has 0 bridgehead atoms. The highest BCUT2D eigenvalue weighted by molar-refractivity contribution is 6.33. The minimum atomic E-state index is -0.361. The lowest BCUT2D eigenvalue weighted by atomic mass is 10.0. The summed E-state index contributed by atoms with van der Waals surface area (Å²) in [5.74, 6) is -0.449. The minimum absolute atomic E-state index is 0.0839. The fraction of sp³-hybridized carbons (Fsp3) is 0.320. The molecule has 1 aromatic heterocycles. The van der Waals surface area contributed by atoms with E-state index in [0.717, 1.165) is 12.8 Å². The van der Waals surface area contributed by atoms with E-state index >= 15 is 0 Å². The van der Waals surface area contributed by atoms with Crippen LogP contribution in [0.15, 0.2) is 46.9 Å². The van der Waals surface area contributed by atoms with Crippen LogP contribution in [0.5, 0.6) is 0 Å². The highest BCUT2D eigenvalue weighted by Gasteiger charge is 2.36. The number of hydrogen-bond donors (Lipinski definition) is 0. The van der Waals surface area contributed by atoms with Crippen molar-refractivity contribution in [3.05, 3.63) is 70.1 Å². The van der Waals surface area contributed by atoms with E-state index in [4.69, 9.17) is 16.0 Å². The summed E-state index contributed by atoms with van der Waals surface area (Å²) >= 11 is 6.21. The van der Waals surface area contributed by atoms with Gasteiger partial charge in [-0.25, -0.2) is 0 Å². The zero-order valence-corrected chi connectivity index (χ0v) is 20.0. The summed E-state index contributed by atoms with van der Waals surface area (Å²) in [6.45, 7) is 6.20. The monoisotopic (exact) mass is 480 g/mol. The lowest BCUT2D eigenvalue weighted by molar-refractivity contribution is 0.0650. The minimum Gasteiger partial charge on any atom is -0.419 e. The van der Waals surface area contributed by atoms with Gasteiger partial charge >= 0.3 is 0 Å². The van der Waals surface area contributed by atoms with Crippen molar-refractivity contribution in [2.75, 3.05) is 6.54 Å². The number of halogens is 1. The number of rotatable bonds is 8. The Morgan fingerprint density at radius 1 is 1.06 bits per heavy atom. The number of carbonyl (C=O) groups excluding carboxylic acids is 3. The van der Waals surface area contributed by atoms with E-state index in [9.17, 15) is 14.4 Å². The maximum Gasteiger partial charge on any atom is 0.261 e. The highest BCUT2D eigenvalue weighted by Crippen LogP contribution is 2.28. The molecule has 34 heavy (non-hydrogen) atoms. The number of aromatic nitrogens is 2. The molecule has 176 valence electrons. The first-order valence-corrected chi connectivity index (χ1v) is 11.6. The van der Waals surface area contributed by atoms with E-state index in [1.807, 2.05) is 26.8 Å². The lowest BCUT2D eigenvalue weighted by Gasteiger charge is -2.25. The van der Waals surface area contributed by atoms with Crippen LogP contribution in [0.3, 0.4) is 0 Å². The fourth-order valence-corrected chi connectivity index (χ4v) is 4.02. The van der Waals surface area contributed by atoms with E-state index in [1.54, 1.807) is 35.2 Å². The summed E-state index contributed by atoms with van der Waals surface area (Å²) in [5.41, 5.74) is 1.51. The first-order chi connectivity index (χ1) is 16.3. The Kier molecular flexibility index (Phi) is 6.79. The van der Waals surface area contributed by atoms with Gasteiger partial charge in [0.05, 0.1) is 28.3 Å². The van der Waals surface area contributed by atoms with Crippen LogP contribution < -0.4 is 0 Å². The van der Waals surface area contributed by atoms with Crippen LogP contribution in [0.4, 0.5) is 0 Å². The third-order valence-corrected chi connectivity index (χ3v) is 6.04. The van der Waals surface area contributed by atoms with Crippen LogP contribution in [-0.2, 0) is 6.54 Å². The van der Waals surface area contributed by atoms with Crippen molar-refractivity contribution in [3.63, 3.8) is 0 Å². The molecule has 2 heterocycles. The fourth-order valence-electron chi connectivity index (χ4n) is 3.80. The average Bonchev–Trinajstić information content (AvgIpc) is 3.38. The van der Waals surface area contributed by atoms with Crippen molar-refractivity contribution in [2.45, 2.75) is 46.2 Å². The van der Waals surface area contributed by atoms with Crippen molar-refractivity contribution in [1.82, 2.24) is 20.0 Å². The smallest absolute Gasteiger partial charge is 0.261 e. The van der Waals surface area contributed by atoms with Gasteiger partial charge in [-0.05, 0) is 50.6 Å². The van der Waals surface area contributed by atoms with Crippen LogP contribution in [0, 0.1) is 0 Å². The summed E-state index contributed by atoms with van der Waals surface area (Å²) in [6, 6.07) is 11.6. The van der Waals surface area contributed by atoms with Gasteiger partial charge in [-0.15, -0.1) is 10.2 Å². The van der Waals surface area contributed by atoms with Gasteiger partial charge in [0.25, 0.3) is 17.7 Å². The van der Waals surface area contributed by atoms with Crippen LogP contribution >= 0.6 is 11.6 Å². The molecule has 0 N–H and O–H groups in total. The van der Waals surface area contributed by atoms with Crippen LogP contribution in [0.2, 0.25) is 5.02 Å². The van der Waals surface area contributed by atoms with Crippen LogP contribution in [0.1, 0.15) is 70.6 Å². The van der Waals surface area contributed by atoms with Crippen molar-refractivity contribution in [1.29, 1.82) is 0 Å².